The van der Waals surface area contributed by atoms with E-state index in [1.54, 1.807) is 24.5 Å². The van der Waals surface area contributed by atoms with Crippen molar-refractivity contribution in [2.24, 2.45) is 0 Å². The summed E-state index contributed by atoms with van der Waals surface area (Å²) in [6.45, 7) is 0.645. The number of pyridine rings is 2. The highest BCUT2D eigenvalue weighted by Gasteiger charge is 2.16. The van der Waals surface area contributed by atoms with Gasteiger partial charge >= 0.3 is 0 Å². The minimum absolute atomic E-state index is 0.0942. The highest BCUT2D eigenvalue weighted by molar-refractivity contribution is 5.98. The second kappa shape index (κ2) is 9.69. The quantitative estimate of drug-likeness (QED) is 0.412. The molecule has 0 unspecified atom stereocenters. The lowest BCUT2D eigenvalue weighted by atomic mass is 9.97. The molecule has 0 aliphatic heterocycles. The molecule has 5 rings (SSSR count). The topological polar surface area (TPSA) is 80.7 Å². The van der Waals surface area contributed by atoms with E-state index in [0.717, 1.165) is 25.0 Å². The Kier molecular flexibility index (Phi) is 6.15. The minimum atomic E-state index is -0.0942. The minimum Gasteiger partial charge on any atom is -0.352 e. The van der Waals surface area contributed by atoms with Crippen molar-refractivity contribution in [1.82, 2.24) is 25.3 Å². The third-order valence-corrected chi connectivity index (χ3v) is 5.86. The Bertz CT molecular complexity index is 1300. The molecule has 0 spiro atoms. The maximum Gasteiger partial charge on any atom is 0.251 e. The number of benzene rings is 1. The van der Waals surface area contributed by atoms with E-state index in [9.17, 15) is 4.79 Å². The molecule has 1 aliphatic rings. The average Bonchev–Trinajstić information content (AvgIpc) is 2.89. The smallest absolute Gasteiger partial charge is 0.251 e. The van der Waals surface area contributed by atoms with Crippen molar-refractivity contribution >= 4 is 16.9 Å². The van der Waals surface area contributed by atoms with Crippen LogP contribution in [0.25, 0.3) is 33.8 Å². The van der Waals surface area contributed by atoms with Crippen molar-refractivity contribution in [3.63, 3.8) is 0 Å². The molecular weight excluding hydrogens is 410 g/mol. The Morgan fingerprint density at radius 3 is 2.21 bits per heavy atom. The van der Waals surface area contributed by atoms with Crippen LogP contribution in [0.15, 0.2) is 78.6 Å². The number of nitrogens with one attached hydrogen (secondary N) is 1. The summed E-state index contributed by atoms with van der Waals surface area (Å²) in [7, 11) is 0. The predicted molar refractivity (Wildman–Crippen MR) is 130 cm³/mol. The maximum atomic E-state index is 12.8. The molecule has 0 saturated heterocycles. The van der Waals surface area contributed by atoms with Gasteiger partial charge in [-0.1, -0.05) is 23.8 Å². The molecule has 6 nitrogen and oxygen atoms in total. The zero-order valence-corrected chi connectivity index (χ0v) is 18.4. The lowest BCUT2D eigenvalue weighted by molar-refractivity contribution is 0.0954. The van der Waals surface area contributed by atoms with Crippen molar-refractivity contribution in [2.45, 2.75) is 32.1 Å². The van der Waals surface area contributed by atoms with Crippen LogP contribution in [0.4, 0.5) is 0 Å². The number of carbonyl (C=O) groups is 1. The summed E-state index contributed by atoms with van der Waals surface area (Å²) < 4.78 is 0. The molecule has 164 valence electrons. The van der Waals surface area contributed by atoms with Crippen molar-refractivity contribution in [3.05, 3.63) is 84.2 Å². The van der Waals surface area contributed by atoms with E-state index in [1.807, 2.05) is 42.5 Å². The first-order valence-electron chi connectivity index (χ1n) is 11.4. The van der Waals surface area contributed by atoms with Crippen LogP contribution in [0.1, 0.15) is 42.5 Å². The van der Waals surface area contributed by atoms with Crippen molar-refractivity contribution < 1.29 is 4.79 Å². The molecule has 33 heavy (non-hydrogen) atoms. The normalized spacial score (nSPS) is 13.5. The van der Waals surface area contributed by atoms with Crippen LogP contribution in [0.2, 0.25) is 0 Å². The van der Waals surface area contributed by atoms with Crippen LogP contribution in [0.5, 0.6) is 0 Å². The molecule has 1 aromatic carbocycles. The molecular formula is C27H25N5O. The van der Waals surface area contributed by atoms with Gasteiger partial charge < -0.3 is 5.32 Å². The lowest BCUT2D eigenvalue weighted by Crippen LogP contribution is -2.24. The van der Waals surface area contributed by atoms with Crippen LogP contribution < -0.4 is 5.32 Å². The average molecular weight is 436 g/mol. The molecule has 6 heteroatoms. The predicted octanol–water partition coefficient (Wildman–Crippen LogP) is 5.37. The first-order chi connectivity index (χ1) is 16.3. The van der Waals surface area contributed by atoms with Gasteiger partial charge in [-0.2, -0.15) is 0 Å². The van der Waals surface area contributed by atoms with Crippen molar-refractivity contribution in [3.8, 4) is 22.8 Å². The Morgan fingerprint density at radius 1 is 0.848 bits per heavy atom. The lowest BCUT2D eigenvalue weighted by Gasteiger charge is -2.13. The van der Waals surface area contributed by atoms with Gasteiger partial charge in [0.05, 0.1) is 22.4 Å². The molecule has 1 aliphatic carbocycles. The summed E-state index contributed by atoms with van der Waals surface area (Å²) in [6, 6.07) is 16.8. The number of fused-ring (bicyclic) bond motifs is 1. The van der Waals surface area contributed by atoms with E-state index >= 15 is 0 Å². The molecule has 1 N–H and O–H groups in total. The fourth-order valence-electron chi connectivity index (χ4n) is 4.13. The fourth-order valence-corrected chi connectivity index (χ4v) is 4.13. The molecule has 4 aromatic rings. The first-order valence-corrected chi connectivity index (χ1v) is 11.4. The Labute approximate surface area is 192 Å². The summed E-state index contributed by atoms with van der Waals surface area (Å²) in [5, 5.41) is 3.04. The largest absolute Gasteiger partial charge is 0.352 e. The van der Waals surface area contributed by atoms with Gasteiger partial charge in [-0.3, -0.25) is 14.8 Å². The Balaban J connectivity index is 1.45. The second-order valence-electron chi connectivity index (χ2n) is 8.17. The van der Waals surface area contributed by atoms with Gasteiger partial charge in [-0.05, 0) is 74.6 Å². The van der Waals surface area contributed by atoms with Crippen LogP contribution in [-0.2, 0) is 0 Å². The zero-order valence-electron chi connectivity index (χ0n) is 18.4. The van der Waals surface area contributed by atoms with Crippen LogP contribution in [0, 0.1) is 0 Å². The highest BCUT2D eigenvalue weighted by Crippen LogP contribution is 2.29. The van der Waals surface area contributed by atoms with Crippen LogP contribution in [0.3, 0.4) is 0 Å². The number of nitrogens with zero attached hydrogens (tertiary/aromatic N) is 4. The number of hydrogen-bond donors (Lipinski definition) is 1. The maximum absolute atomic E-state index is 12.8. The number of rotatable bonds is 6. The monoisotopic (exact) mass is 435 g/mol. The fraction of sp³-hybridized carbons (Fsp3) is 0.222. The third-order valence-electron chi connectivity index (χ3n) is 5.86. The molecule has 3 aromatic heterocycles. The zero-order chi connectivity index (χ0) is 22.5. The third kappa shape index (κ3) is 4.80. The number of hydrogen-bond acceptors (Lipinski definition) is 5. The molecule has 0 fully saturated rings. The summed E-state index contributed by atoms with van der Waals surface area (Å²) >= 11 is 0. The summed E-state index contributed by atoms with van der Waals surface area (Å²) in [4.78, 5) is 31.4. The van der Waals surface area contributed by atoms with Crippen molar-refractivity contribution in [2.75, 3.05) is 6.54 Å². The van der Waals surface area contributed by atoms with Gasteiger partial charge in [-0.25, -0.2) is 9.97 Å². The highest BCUT2D eigenvalue weighted by atomic mass is 16.1. The van der Waals surface area contributed by atoms with Crippen molar-refractivity contribution in [1.29, 1.82) is 0 Å². The standard InChI is InChI=1S/C27H25N5O/c33-27(30-17-14-19-8-2-1-3-9-19)20-12-13-21-24(18-20)32-26(23-11-5-7-16-29-23)25(31-21)22-10-4-6-15-28-22/h4-8,10-13,15-16,18H,1-3,9,14,17H2,(H,30,33). The van der Waals surface area contributed by atoms with Crippen LogP contribution in [-0.4, -0.2) is 32.4 Å². The van der Waals surface area contributed by atoms with Gasteiger partial charge in [0.15, 0.2) is 0 Å². The number of amides is 1. The Morgan fingerprint density at radius 2 is 1.58 bits per heavy atom. The van der Waals surface area contributed by atoms with Gasteiger partial charge in [0.1, 0.15) is 11.4 Å². The molecule has 1 amide bonds. The van der Waals surface area contributed by atoms with E-state index in [4.69, 9.17) is 9.97 Å². The second-order valence-corrected chi connectivity index (χ2v) is 8.17. The van der Waals surface area contributed by atoms with Gasteiger partial charge in [0, 0.05) is 24.5 Å². The van der Waals surface area contributed by atoms with E-state index < -0.39 is 0 Å². The van der Waals surface area contributed by atoms with Gasteiger partial charge in [0.25, 0.3) is 5.91 Å². The number of aromatic nitrogens is 4. The molecule has 0 atom stereocenters. The van der Waals surface area contributed by atoms with Crippen LogP contribution >= 0.6 is 0 Å². The summed E-state index contributed by atoms with van der Waals surface area (Å²) in [5.41, 5.74) is 6.13. The molecule has 3 heterocycles. The Hall–Kier alpha value is -3.93. The number of carbonyl (C=O) groups excluding carboxylic acids is 1. The van der Waals surface area contributed by atoms with E-state index in [1.165, 1.54) is 18.4 Å². The summed E-state index contributed by atoms with van der Waals surface area (Å²) in [5.74, 6) is -0.0942. The molecule has 0 bridgehead atoms. The van der Waals surface area contributed by atoms with Gasteiger partial charge in [0.2, 0.25) is 0 Å². The molecule has 0 radical (unpaired) electrons. The first kappa shape index (κ1) is 20.9. The van der Waals surface area contributed by atoms with E-state index in [2.05, 4.69) is 21.4 Å². The molecule has 0 saturated carbocycles. The van der Waals surface area contributed by atoms with E-state index in [-0.39, 0.29) is 5.91 Å². The SMILES string of the molecule is O=C(NCCC1=CCCCC1)c1ccc2nc(-c3ccccn3)c(-c3ccccn3)nc2c1. The van der Waals surface area contributed by atoms with Gasteiger partial charge in [-0.15, -0.1) is 0 Å². The summed E-state index contributed by atoms with van der Waals surface area (Å²) in [6.07, 6.45) is 11.5. The number of allylic oxidation sites excluding steroid dienone is 1. The van der Waals surface area contributed by atoms with E-state index in [0.29, 0.717) is 40.2 Å².